The van der Waals surface area contributed by atoms with Gasteiger partial charge in [0.2, 0.25) is 5.91 Å². The fourth-order valence-corrected chi connectivity index (χ4v) is 1.56. The first-order valence-electron chi connectivity index (χ1n) is 5.46. The van der Waals surface area contributed by atoms with Crippen LogP contribution in [0, 0.1) is 5.92 Å². The van der Waals surface area contributed by atoms with Gasteiger partial charge in [0, 0.05) is 19.1 Å². The minimum atomic E-state index is 0.129. The average molecular weight is 198 g/mol. The fraction of sp³-hybridized carbons (Fsp3) is 0.909. The van der Waals surface area contributed by atoms with Crippen molar-refractivity contribution < 1.29 is 4.79 Å². The number of amides is 1. The summed E-state index contributed by atoms with van der Waals surface area (Å²) in [6.07, 6.45) is 2.61. The SMILES string of the molecule is CCN(C)C(=O)CNC(C)(C)C1CC1. The van der Waals surface area contributed by atoms with Gasteiger partial charge in [0.15, 0.2) is 0 Å². The lowest BCUT2D eigenvalue weighted by Gasteiger charge is -2.27. The first kappa shape index (κ1) is 11.5. The number of nitrogens with one attached hydrogen (secondary N) is 1. The van der Waals surface area contributed by atoms with E-state index in [1.165, 1.54) is 12.8 Å². The van der Waals surface area contributed by atoms with Crippen molar-refractivity contribution in [2.24, 2.45) is 5.92 Å². The molecular formula is C11H22N2O. The van der Waals surface area contributed by atoms with Gasteiger partial charge in [0.1, 0.15) is 0 Å². The van der Waals surface area contributed by atoms with Crippen molar-refractivity contribution in [3.63, 3.8) is 0 Å². The van der Waals surface area contributed by atoms with Crippen LogP contribution in [-0.2, 0) is 4.79 Å². The molecule has 1 saturated carbocycles. The molecule has 0 saturated heterocycles. The second-order valence-corrected chi connectivity index (χ2v) is 4.76. The summed E-state index contributed by atoms with van der Waals surface area (Å²) in [5.74, 6) is 0.948. The molecule has 1 aliphatic rings. The molecule has 82 valence electrons. The van der Waals surface area contributed by atoms with Crippen LogP contribution in [0.1, 0.15) is 33.6 Å². The van der Waals surface area contributed by atoms with Gasteiger partial charge < -0.3 is 10.2 Å². The number of carbonyl (C=O) groups is 1. The van der Waals surface area contributed by atoms with Crippen molar-refractivity contribution in [2.45, 2.75) is 39.2 Å². The summed E-state index contributed by atoms with van der Waals surface area (Å²) in [6.45, 7) is 7.61. The van der Waals surface area contributed by atoms with Gasteiger partial charge in [-0.15, -0.1) is 0 Å². The largest absolute Gasteiger partial charge is 0.345 e. The highest BCUT2D eigenvalue weighted by atomic mass is 16.2. The fourth-order valence-electron chi connectivity index (χ4n) is 1.56. The molecule has 0 heterocycles. The van der Waals surface area contributed by atoms with Crippen molar-refractivity contribution in [3.05, 3.63) is 0 Å². The van der Waals surface area contributed by atoms with E-state index >= 15 is 0 Å². The molecule has 1 aliphatic carbocycles. The van der Waals surface area contributed by atoms with Crippen molar-refractivity contribution in [2.75, 3.05) is 20.1 Å². The lowest BCUT2D eigenvalue weighted by molar-refractivity contribution is -0.129. The van der Waals surface area contributed by atoms with E-state index in [0.717, 1.165) is 12.5 Å². The van der Waals surface area contributed by atoms with E-state index in [-0.39, 0.29) is 11.4 Å². The topological polar surface area (TPSA) is 32.3 Å². The third kappa shape index (κ3) is 2.98. The molecular weight excluding hydrogens is 176 g/mol. The molecule has 0 bridgehead atoms. The number of likely N-dealkylation sites (N-methyl/N-ethyl adjacent to an activating group) is 1. The van der Waals surface area contributed by atoms with Gasteiger partial charge in [-0.2, -0.15) is 0 Å². The van der Waals surface area contributed by atoms with Gasteiger partial charge in [-0.25, -0.2) is 0 Å². The zero-order valence-corrected chi connectivity index (χ0v) is 9.76. The van der Waals surface area contributed by atoms with Gasteiger partial charge in [-0.1, -0.05) is 0 Å². The number of nitrogens with zero attached hydrogens (tertiary/aromatic N) is 1. The Kier molecular flexibility index (Phi) is 3.53. The summed E-state index contributed by atoms with van der Waals surface area (Å²) in [5, 5.41) is 3.34. The summed E-state index contributed by atoms with van der Waals surface area (Å²) in [6, 6.07) is 0. The van der Waals surface area contributed by atoms with Gasteiger partial charge in [-0.3, -0.25) is 4.79 Å². The lowest BCUT2D eigenvalue weighted by atomic mass is 9.99. The minimum absolute atomic E-state index is 0.129. The van der Waals surface area contributed by atoms with Gasteiger partial charge in [0.25, 0.3) is 0 Å². The smallest absolute Gasteiger partial charge is 0.236 e. The number of carbonyl (C=O) groups excluding carboxylic acids is 1. The lowest BCUT2D eigenvalue weighted by Crippen LogP contribution is -2.47. The molecule has 3 heteroatoms. The molecule has 14 heavy (non-hydrogen) atoms. The Morgan fingerprint density at radius 2 is 2.07 bits per heavy atom. The van der Waals surface area contributed by atoms with Crippen molar-refractivity contribution >= 4 is 5.91 Å². The zero-order chi connectivity index (χ0) is 10.8. The standard InChI is InChI=1S/C11H22N2O/c1-5-13(4)10(14)8-12-11(2,3)9-6-7-9/h9,12H,5-8H2,1-4H3. The summed E-state index contributed by atoms with van der Waals surface area (Å²) in [4.78, 5) is 13.3. The molecule has 1 amide bonds. The normalized spacial score (nSPS) is 16.9. The molecule has 0 unspecified atom stereocenters. The molecule has 3 nitrogen and oxygen atoms in total. The van der Waals surface area contributed by atoms with Crippen molar-refractivity contribution in [1.29, 1.82) is 0 Å². The molecule has 1 rings (SSSR count). The number of hydrogen-bond acceptors (Lipinski definition) is 2. The first-order valence-corrected chi connectivity index (χ1v) is 5.46. The zero-order valence-electron chi connectivity index (χ0n) is 9.76. The second kappa shape index (κ2) is 4.30. The van der Waals surface area contributed by atoms with Crippen LogP contribution in [0.5, 0.6) is 0 Å². The van der Waals surface area contributed by atoms with Crippen LogP contribution in [0.25, 0.3) is 0 Å². The summed E-state index contributed by atoms with van der Waals surface area (Å²) in [5.41, 5.74) is 0.129. The van der Waals surface area contributed by atoms with Gasteiger partial charge >= 0.3 is 0 Å². The van der Waals surface area contributed by atoms with E-state index in [1.807, 2.05) is 14.0 Å². The maximum Gasteiger partial charge on any atom is 0.236 e. The molecule has 0 aromatic carbocycles. The molecule has 0 aromatic rings. The Morgan fingerprint density at radius 1 is 1.50 bits per heavy atom. The van der Waals surface area contributed by atoms with Crippen LogP contribution in [-0.4, -0.2) is 36.5 Å². The Balaban J connectivity index is 2.28. The second-order valence-electron chi connectivity index (χ2n) is 4.76. The monoisotopic (exact) mass is 198 g/mol. The van der Waals surface area contributed by atoms with E-state index in [9.17, 15) is 4.79 Å². The molecule has 0 spiro atoms. The molecule has 1 N–H and O–H groups in total. The van der Waals surface area contributed by atoms with E-state index in [0.29, 0.717) is 6.54 Å². The van der Waals surface area contributed by atoms with Crippen molar-refractivity contribution in [1.82, 2.24) is 10.2 Å². The molecule has 0 aromatic heterocycles. The summed E-state index contributed by atoms with van der Waals surface area (Å²) >= 11 is 0. The van der Waals surface area contributed by atoms with E-state index in [1.54, 1.807) is 4.90 Å². The summed E-state index contributed by atoms with van der Waals surface area (Å²) < 4.78 is 0. The average Bonchev–Trinajstić information content (AvgIpc) is 2.96. The Morgan fingerprint density at radius 3 is 2.50 bits per heavy atom. The van der Waals surface area contributed by atoms with E-state index in [4.69, 9.17) is 0 Å². The number of hydrogen-bond donors (Lipinski definition) is 1. The van der Waals surface area contributed by atoms with E-state index < -0.39 is 0 Å². The quantitative estimate of drug-likeness (QED) is 0.721. The van der Waals surface area contributed by atoms with Crippen LogP contribution in [0.2, 0.25) is 0 Å². The molecule has 1 fully saturated rings. The van der Waals surface area contributed by atoms with Crippen LogP contribution in [0.15, 0.2) is 0 Å². The third-order valence-electron chi connectivity index (χ3n) is 3.19. The first-order chi connectivity index (χ1) is 6.47. The molecule has 0 aliphatic heterocycles. The van der Waals surface area contributed by atoms with Gasteiger partial charge in [-0.05, 0) is 39.5 Å². The highest BCUT2D eigenvalue weighted by Gasteiger charge is 2.37. The van der Waals surface area contributed by atoms with Crippen LogP contribution in [0.3, 0.4) is 0 Å². The van der Waals surface area contributed by atoms with Crippen molar-refractivity contribution in [3.8, 4) is 0 Å². The highest BCUT2D eigenvalue weighted by molar-refractivity contribution is 5.78. The summed E-state index contributed by atoms with van der Waals surface area (Å²) in [7, 11) is 1.84. The predicted octanol–water partition coefficient (Wildman–Crippen LogP) is 1.24. The number of rotatable bonds is 5. The maximum atomic E-state index is 11.5. The van der Waals surface area contributed by atoms with Crippen LogP contribution < -0.4 is 5.32 Å². The Labute approximate surface area is 86.9 Å². The predicted molar refractivity (Wildman–Crippen MR) is 58.1 cm³/mol. The van der Waals surface area contributed by atoms with E-state index in [2.05, 4.69) is 19.2 Å². The third-order valence-corrected chi connectivity index (χ3v) is 3.19. The molecule has 0 radical (unpaired) electrons. The molecule has 0 atom stereocenters. The maximum absolute atomic E-state index is 11.5. The van der Waals surface area contributed by atoms with Gasteiger partial charge in [0.05, 0.1) is 6.54 Å². The minimum Gasteiger partial charge on any atom is -0.345 e. The Bertz CT molecular complexity index is 209. The van der Waals surface area contributed by atoms with Crippen LogP contribution in [0.4, 0.5) is 0 Å². The highest BCUT2D eigenvalue weighted by Crippen LogP contribution is 2.38. The Hall–Kier alpha value is -0.570. The van der Waals surface area contributed by atoms with Crippen LogP contribution >= 0.6 is 0 Å².